The zero-order valence-corrected chi connectivity index (χ0v) is 13.2. The van der Waals surface area contributed by atoms with Crippen LogP contribution in [0.25, 0.3) is 0 Å². The van der Waals surface area contributed by atoms with E-state index in [-0.39, 0.29) is 0 Å². The monoisotopic (exact) mass is 279 g/mol. The molecule has 0 fully saturated rings. The summed E-state index contributed by atoms with van der Waals surface area (Å²) in [6, 6.07) is 7.79. The fourth-order valence-electron chi connectivity index (χ4n) is 2.26. The maximum absolute atomic E-state index is 5.81. The summed E-state index contributed by atoms with van der Waals surface area (Å²) in [7, 11) is 1.68. The van der Waals surface area contributed by atoms with Crippen molar-refractivity contribution < 1.29 is 9.47 Å². The molecule has 0 spiro atoms. The number of nitrogens with one attached hydrogen (secondary N) is 1. The third-order valence-electron chi connectivity index (χ3n) is 3.41. The average molecular weight is 279 g/mol. The first-order valence-corrected chi connectivity index (χ1v) is 7.77. The molecule has 0 aliphatic heterocycles. The molecule has 3 heteroatoms. The van der Waals surface area contributed by atoms with Crippen LogP contribution in [-0.4, -0.2) is 26.8 Å². The van der Waals surface area contributed by atoms with Gasteiger partial charge in [0.05, 0.1) is 13.7 Å². The summed E-state index contributed by atoms with van der Waals surface area (Å²) in [5, 5.41) is 3.51. The Hall–Kier alpha value is -1.22. The lowest BCUT2D eigenvalue weighted by Crippen LogP contribution is -2.24. The molecule has 0 aromatic heterocycles. The second-order valence-electron chi connectivity index (χ2n) is 5.17. The van der Waals surface area contributed by atoms with Crippen molar-refractivity contribution in [1.29, 1.82) is 0 Å². The molecule has 1 atom stereocenters. The van der Waals surface area contributed by atoms with E-state index in [1.54, 1.807) is 7.11 Å². The molecule has 1 aromatic carbocycles. The lowest BCUT2D eigenvalue weighted by Gasteiger charge is -2.17. The Bertz CT molecular complexity index is 337. The van der Waals surface area contributed by atoms with Crippen LogP contribution >= 0.6 is 0 Å². The Morgan fingerprint density at radius 1 is 1.00 bits per heavy atom. The van der Waals surface area contributed by atoms with Gasteiger partial charge in [0.2, 0.25) is 0 Å². The third-order valence-corrected chi connectivity index (χ3v) is 3.41. The van der Waals surface area contributed by atoms with Crippen molar-refractivity contribution in [3.8, 4) is 11.5 Å². The second-order valence-corrected chi connectivity index (χ2v) is 5.17. The predicted octanol–water partition coefficient (Wildman–Crippen LogP) is 3.88. The van der Waals surface area contributed by atoms with E-state index >= 15 is 0 Å². The van der Waals surface area contributed by atoms with Gasteiger partial charge < -0.3 is 14.8 Å². The molecule has 3 nitrogen and oxygen atoms in total. The molecule has 1 rings (SSSR count). The van der Waals surface area contributed by atoms with Gasteiger partial charge in [0.1, 0.15) is 11.5 Å². The van der Waals surface area contributed by atoms with Crippen LogP contribution in [0.5, 0.6) is 11.5 Å². The fourth-order valence-corrected chi connectivity index (χ4v) is 2.26. The van der Waals surface area contributed by atoms with Gasteiger partial charge in [-0.25, -0.2) is 0 Å². The van der Waals surface area contributed by atoms with Crippen molar-refractivity contribution in [3.05, 3.63) is 24.3 Å². The minimum Gasteiger partial charge on any atom is -0.497 e. The molecule has 0 radical (unpaired) electrons. The molecule has 0 bridgehead atoms. The average Bonchev–Trinajstić information content (AvgIpc) is 2.48. The van der Waals surface area contributed by atoms with Crippen LogP contribution < -0.4 is 14.8 Å². The summed E-state index contributed by atoms with van der Waals surface area (Å²) in [4.78, 5) is 0. The Labute approximate surface area is 123 Å². The van der Waals surface area contributed by atoms with Crippen LogP contribution in [0.1, 0.15) is 39.5 Å². The zero-order valence-electron chi connectivity index (χ0n) is 13.2. The number of hydrogen-bond acceptors (Lipinski definition) is 3. The molecule has 1 aromatic rings. The van der Waals surface area contributed by atoms with Gasteiger partial charge in [-0.1, -0.05) is 20.3 Å². The summed E-state index contributed by atoms with van der Waals surface area (Å²) >= 11 is 0. The minimum atomic E-state index is 0.713. The Balaban J connectivity index is 2.27. The highest BCUT2D eigenvalue weighted by atomic mass is 16.5. The van der Waals surface area contributed by atoms with Gasteiger partial charge in [-0.15, -0.1) is 0 Å². The van der Waals surface area contributed by atoms with Gasteiger partial charge in [-0.3, -0.25) is 0 Å². The van der Waals surface area contributed by atoms with E-state index in [0.29, 0.717) is 5.92 Å². The summed E-state index contributed by atoms with van der Waals surface area (Å²) < 4.78 is 10.9. The first-order valence-electron chi connectivity index (χ1n) is 7.77. The molecule has 1 unspecified atom stereocenters. The number of ether oxygens (including phenoxy) is 2. The van der Waals surface area contributed by atoms with E-state index in [1.807, 2.05) is 24.3 Å². The standard InChI is InChI=1S/C17H29NO2/c1-4-6-15(14-18-12-5-2)11-13-20-17-9-7-16(19-3)8-10-17/h7-10,15,18H,4-6,11-14H2,1-3H3. The van der Waals surface area contributed by atoms with Gasteiger partial charge in [-0.05, 0) is 62.5 Å². The van der Waals surface area contributed by atoms with Gasteiger partial charge in [0.25, 0.3) is 0 Å². The number of benzene rings is 1. The molecule has 114 valence electrons. The summed E-state index contributed by atoms with van der Waals surface area (Å²) in [5.74, 6) is 2.50. The van der Waals surface area contributed by atoms with Crippen molar-refractivity contribution in [3.63, 3.8) is 0 Å². The molecule has 20 heavy (non-hydrogen) atoms. The SMILES string of the molecule is CCCNCC(CCC)CCOc1ccc(OC)cc1. The van der Waals surface area contributed by atoms with E-state index in [4.69, 9.17) is 9.47 Å². The molecule has 1 N–H and O–H groups in total. The van der Waals surface area contributed by atoms with E-state index in [0.717, 1.165) is 37.6 Å². The fraction of sp³-hybridized carbons (Fsp3) is 0.647. The number of rotatable bonds is 11. The van der Waals surface area contributed by atoms with Crippen molar-refractivity contribution in [2.75, 3.05) is 26.8 Å². The van der Waals surface area contributed by atoms with Crippen molar-refractivity contribution >= 4 is 0 Å². The lowest BCUT2D eigenvalue weighted by atomic mass is 10.0. The van der Waals surface area contributed by atoms with Crippen LogP contribution in [-0.2, 0) is 0 Å². The smallest absolute Gasteiger partial charge is 0.119 e. The van der Waals surface area contributed by atoms with E-state index in [9.17, 15) is 0 Å². The topological polar surface area (TPSA) is 30.5 Å². The largest absolute Gasteiger partial charge is 0.497 e. The van der Waals surface area contributed by atoms with Crippen molar-refractivity contribution in [1.82, 2.24) is 5.32 Å². The summed E-state index contributed by atoms with van der Waals surface area (Å²) in [6.45, 7) is 7.45. The van der Waals surface area contributed by atoms with Crippen molar-refractivity contribution in [2.24, 2.45) is 5.92 Å². The molecule has 0 aliphatic rings. The van der Waals surface area contributed by atoms with Crippen LogP contribution in [0.15, 0.2) is 24.3 Å². The van der Waals surface area contributed by atoms with Crippen LogP contribution in [0.3, 0.4) is 0 Å². The maximum atomic E-state index is 5.81. The van der Waals surface area contributed by atoms with Crippen LogP contribution in [0.4, 0.5) is 0 Å². The highest BCUT2D eigenvalue weighted by molar-refractivity contribution is 5.31. The van der Waals surface area contributed by atoms with Gasteiger partial charge >= 0.3 is 0 Å². The minimum absolute atomic E-state index is 0.713. The Morgan fingerprint density at radius 2 is 1.70 bits per heavy atom. The van der Waals surface area contributed by atoms with E-state index in [1.165, 1.54) is 19.3 Å². The van der Waals surface area contributed by atoms with Gasteiger partial charge in [0, 0.05) is 0 Å². The molecule has 0 amide bonds. The molecule has 0 saturated carbocycles. The zero-order chi connectivity index (χ0) is 14.6. The van der Waals surface area contributed by atoms with Crippen LogP contribution in [0, 0.1) is 5.92 Å². The first-order chi connectivity index (χ1) is 9.80. The van der Waals surface area contributed by atoms with Gasteiger partial charge in [-0.2, -0.15) is 0 Å². The van der Waals surface area contributed by atoms with Crippen molar-refractivity contribution in [2.45, 2.75) is 39.5 Å². The predicted molar refractivity (Wildman–Crippen MR) is 84.7 cm³/mol. The lowest BCUT2D eigenvalue weighted by molar-refractivity contribution is 0.267. The number of methoxy groups -OCH3 is 1. The molecule has 0 aliphatic carbocycles. The van der Waals surface area contributed by atoms with E-state index in [2.05, 4.69) is 19.2 Å². The quantitative estimate of drug-likeness (QED) is 0.624. The normalized spacial score (nSPS) is 12.2. The number of hydrogen-bond donors (Lipinski definition) is 1. The summed E-state index contributed by atoms with van der Waals surface area (Å²) in [6.07, 6.45) is 4.81. The second kappa shape index (κ2) is 10.6. The highest BCUT2D eigenvalue weighted by Gasteiger charge is 2.07. The summed E-state index contributed by atoms with van der Waals surface area (Å²) in [5.41, 5.74) is 0. The third kappa shape index (κ3) is 6.80. The van der Waals surface area contributed by atoms with Crippen LogP contribution in [0.2, 0.25) is 0 Å². The molecular weight excluding hydrogens is 250 g/mol. The Morgan fingerprint density at radius 3 is 2.30 bits per heavy atom. The van der Waals surface area contributed by atoms with E-state index < -0.39 is 0 Å². The highest BCUT2D eigenvalue weighted by Crippen LogP contribution is 2.18. The van der Waals surface area contributed by atoms with Gasteiger partial charge in [0.15, 0.2) is 0 Å². The first kappa shape index (κ1) is 16.8. The Kier molecular flexibility index (Phi) is 8.88. The molecule has 0 heterocycles. The molecule has 0 saturated heterocycles. The molecular formula is C17H29NO2. The maximum Gasteiger partial charge on any atom is 0.119 e.